The fourth-order valence-electron chi connectivity index (χ4n) is 4.14. The van der Waals surface area contributed by atoms with Crippen molar-refractivity contribution in [3.05, 3.63) is 72.1 Å². The van der Waals surface area contributed by atoms with E-state index in [9.17, 15) is 5.11 Å². The summed E-state index contributed by atoms with van der Waals surface area (Å²) in [5.74, 6) is 1.69. The summed E-state index contributed by atoms with van der Waals surface area (Å²) in [4.78, 5) is 9.13. The molecule has 1 unspecified atom stereocenters. The molecule has 0 aliphatic carbocycles. The van der Waals surface area contributed by atoms with Crippen LogP contribution in [-0.4, -0.2) is 64.4 Å². The van der Waals surface area contributed by atoms with Crippen LogP contribution in [0.15, 0.2) is 65.2 Å². The van der Waals surface area contributed by atoms with Crippen molar-refractivity contribution in [2.75, 3.05) is 33.2 Å². The zero-order valence-corrected chi connectivity index (χ0v) is 17.5. The van der Waals surface area contributed by atoms with Gasteiger partial charge in [-0.1, -0.05) is 65.8 Å². The van der Waals surface area contributed by atoms with Crippen LogP contribution in [0.1, 0.15) is 30.2 Å². The predicted molar refractivity (Wildman–Crippen MR) is 117 cm³/mol. The molecule has 1 aliphatic rings. The van der Waals surface area contributed by atoms with Gasteiger partial charge in [0, 0.05) is 31.1 Å². The molecular weight excluding hydrogens is 376 g/mol. The standard InChI is InChI=1S/C24H30N4O2/c1-27(16-19-8-4-2-5-9-19)17-22(29)18-28-14-12-21(13-15-28)24-25-23(26-30-24)20-10-6-3-7-11-20/h2-11,21-22,29H,12-18H2,1H3. The predicted octanol–water partition coefficient (Wildman–Crippen LogP) is 3.41. The van der Waals surface area contributed by atoms with Crippen molar-refractivity contribution >= 4 is 0 Å². The first kappa shape index (κ1) is 20.7. The van der Waals surface area contributed by atoms with E-state index in [1.807, 2.05) is 36.4 Å². The van der Waals surface area contributed by atoms with Crippen LogP contribution in [0.25, 0.3) is 11.4 Å². The van der Waals surface area contributed by atoms with Gasteiger partial charge in [-0.3, -0.25) is 4.90 Å². The molecule has 0 amide bonds. The highest BCUT2D eigenvalue weighted by molar-refractivity contribution is 5.53. The number of aliphatic hydroxyl groups excluding tert-OH is 1. The molecule has 6 heteroatoms. The third-order valence-electron chi connectivity index (χ3n) is 5.70. The topological polar surface area (TPSA) is 65.6 Å². The molecule has 30 heavy (non-hydrogen) atoms. The molecule has 0 bridgehead atoms. The number of hydrogen-bond donors (Lipinski definition) is 1. The maximum absolute atomic E-state index is 10.5. The molecule has 1 aromatic heterocycles. The summed E-state index contributed by atoms with van der Waals surface area (Å²) in [5, 5.41) is 14.7. The van der Waals surface area contributed by atoms with E-state index in [0.29, 0.717) is 24.8 Å². The normalized spacial score (nSPS) is 16.8. The van der Waals surface area contributed by atoms with E-state index >= 15 is 0 Å². The van der Waals surface area contributed by atoms with Gasteiger partial charge in [-0.05, 0) is 38.5 Å². The minimum Gasteiger partial charge on any atom is -0.390 e. The van der Waals surface area contributed by atoms with E-state index in [-0.39, 0.29) is 6.10 Å². The summed E-state index contributed by atoms with van der Waals surface area (Å²) in [6.45, 7) is 4.09. The first-order valence-electron chi connectivity index (χ1n) is 10.7. The van der Waals surface area contributed by atoms with Crippen molar-refractivity contribution in [2.45, 2.75) is 31.4 Å². The number of nitrogens with zero attached hydrogens (tertiary/aromatic N) is 4. The fraction of sp³-hybridized carbons (Fsp3) is 0.417. The summed E-state index contributed by atoms with van der Waals surface area (Å²) < 4.78 is 5.55. The van der Waals surface area contributed by atoms with Crippen LogP contribution in [-0.2, 0) is 6.54 Å². The van der Waals surface area contributed by atoms with Crippen LogP contribution in [0.3, 0.4) is 0 Å². The number of likely N-dealkylation sites (N-methyl/N-ethyl adjacent to an activating group) is 1. The lowest BCUT2D eigenvalue weighted by Crippen LogP contribution is -2.42. The van der Waals surface area contributed by atoms with Gasteiger partial charge in [0.25, 0.3) is 0 Å². The van der Waals surface area contributed by atoms with E-state index in [4.69, 9.17) is 4.52 Å². The van der Waals surface area contributed by atoms with Crippen LogP contribution in [0.2, 0.25) is 0 Å². The number of β-amino-alcohol motifs (C(OH)–C–C–N with tert-alkyl or cyclic N) is 1. The summed E-state index contributed by atoms with van der Waals surface area (Å²) in [7, 11) is 2.06. The lowest BCUT2D eigenvalue weighted by molar-refractivity contribution is 0.0681. The van der Waals surface area contributed by atoms with Gasteiger partial charge < -0.3 is 14.5 Å². The maximum Gasteiger partial charge on any atom is 0.230 e. The molecule has 1 aliphatic heterocycles. The molecule has 158 valence electrons. The number of benzene rings is 2. The van der Waals surface area contributed by atoms with Crippen molar-refractivity contribution < 1.29 is 9.63 Å². The molecule has 2 aromatic carbocycles. The molecule has 2 heterocycles. The Kier molecular flexibility index (Phi) is 6.89. The summed E-state index contributed by atoms with van der Waals surface area (Å²) in [5.41, 5.74) is 2.25. The van der Waals surface area contributed by atoms with Gasteiger partial charge in [-0.15, -0.1) is 0 Å². The van der Waals surface area contributed by atoms with Crippen molar-refractivity contribution in [1.29, 1.82) is 0 Å². The SMILES string of the molecule is CN(Cc1ccccc1)CC(O)CN1CCC(c2nc(-c3ccccc3)no2)CC1. The van der Waals surface area contributed by atoms with Crippen molar-refractivity contribution in [2.24, 2.45) is 0 Å². The molecule has 1 N–H and O–H groups in total. The highest BCUT2D eigenvalue weighted by atomic mass is 16.5. The Morgan fingerprint density at radius 3 is 2.43 bits per heavy atom. The quantitative estimate of drug-likeness (QED) is 0.618. The van der Waals surface area contributed by atoms with Crippen molar-refractivity contribution in [3.8, 4) is 11.4 Å². The lowest BCUT2D eigenvalue weighted by atomic mass is 9.96. The lowest BCUT2D eigenvalue weighted by Gasteiger charge is -2.32. The van der Waals surface area contributed by atoms with Crippen LogP contribution in [0, 0.1) is 0 Å². The number of hydrogen-bond acceptors (Lipinski definition) is 6. The van der Waals surface area contributed by atoms with E-state index in [2.05, 4.69) is 51.3 Å². The maximum atomic E-state index is 10.5. The zero-order valence-electron chi connectivity index (χ0n) is 17.5. The molecule has 0 spiro atoms. The molecule has 4 rings (SSSR count). The fourth-order valence-corrected chi connectivity index (χ4v) is 4.14. The number of likely N-dealkylation sites (tertiary alicyclic amines) is 1. The van der Waals surface area contributed by atoms with Gasteiger partial charge in [0.15, 0.2) is 0 Å². The van der Waals surface area contributed by atoms with E-state index in [1.165, 1.54) is 5.56 Å². The average molecular weight is 407 g/mol. The number of piperidine rings is 1. The Hall–Kier alpha value is -2.54. The molecule has 0 radical (unpaired) electrons. The second-order valence-electron chi connectivity index (χ2n) is 8.23. The van der Waals surface area contributed by atoms with Gasteiger partial charge in [-0.25, -0.2) is 0 Å². The molecule has 3 aromatic rings. The van der Waals surface area contributed by atoms with Crippen LogP contribution < -0.4 is 0 Å². The Balaban J connectivity index is 1.22. The number of rotatable bonds is 8. The average Bonchev–Trinajstić information content (AvgIpc) is 3.26. The highest BCUT2D eigenvalue weighted by Crippen LogP contribution is 2.28. The minimum atomic E-state index is -0.358. The minimum absolute atomic E-state index is 0.295. The van der Waals surface area contributed by atoms with Crippen LogP contribution in [0.4, 0.5) is 0 Å². The second kappa shape index (κ2) is 9.98. The third kappa shape index (κ3) is 5.53. The van der Waals surface area contributed by atoms with E-state index < -0.39 is 0 Å². The van der Waals surface area contributed by atoms with Gasteiger partial charge in [0.1, 0.15) is 0 Å². The molecule has 0 saturated carbocycles. The monoisotopic (exact) mass is 406 g/mol. The molecule has 1 atom stereocenters. The molecule has 6 nitrogen and oxygen atoms in total. The number of aliphatic hydroxyl groups is 1. The zero-order chi connectivity index (χ0) is 20.8. The highest BCUT2D eigenvalue weighted by Gasteiger charge is 2.26. The Morgan fingerprint density at radius 1 is 1.07 bits per heavy atom. The summed E-state index contributed by atoms with van der Waals surface area (Å²) in [6, 6.07) is 20.3. The van der Waals surface area contributed by atoms with Crippen LogP contribution in [0.5, 0.6) is 0 Å². The largest absolute Gasteiger partial charge is 0.390 e. The Labute approximate surface area is 178 Å². The summed E-state index contributed by atoms with van der Waals surface area (Å²) in [6.07, 6.45) is 1.59. The van der Waals surface area contributed by atoms with Crippen LogP contribution >= 0.6 is 0 Å². The van der Waals surface area contributed by atoms with Gasteiger partial charge in [-0.2, -0.15) is 4.98 Å². The molecule has 1 fully saturated rings. The van der Waals surface area contributed by atoms with Crippen molar-refractivity contribution in [3.63, 3.8) is 0 Å². The smallest absolute Gasteiger partial charge is 0.230 e. The van der Waals surface area contributed by atoms with E-state index in [1.54, 1.807) is 0 Å². The summed E-state index contributed by atoms with van der Waals surface area (Å²) >= 11 is 0. The number of aromatic nitrogens is 2. The van der Waals surface area contributed by atoms with Gasteiger partial charge in [0.05, 0.1) is 6.10 Å². The second-order valence-corrected chi connectivity index (χ2v) is 8.23. The third-order valence-corrected chi connectivity index (χ3v) is 5.70. The first-order chi connectivity index (χ1) is 14.7. The molecular formula is C24H30N4O2. The Morgan fingerprint density at radius 2 is 1.73 bits per heavy atom. The van der Waals surface area contributed by atoms with Gasteiger partial charge in [0.2, 0.25) is 11.7 Å². The van der Waals surface area contributed by atoms with E-state index in [0.717, 1.165) is 43.9 Å². The van der Waals surface area contributed by atoms with Gasteiger partial charge >= 0.3 is 0 Å². The van der Waals surface area contributed by atoms with Crippen molar-refractivity contribution in [1.82, 2.24) is 19.9 Å². The Bertz CT molecular complexity index is 892. The first-order valence-corrected chi connectivity index (χ1v) is 10.7. The molecule has 1 saturated heterocycles.